The lowest BCUT2D eigenvalue weighted by atomic mass is 10.3. The van der Waals surface area contributed by atoms with E-state index in [0.717, 1.165) is 15.2 Å². The van der Waals surface area contributed by atoms with E-state index in [1.807, 2.05) is 24.3 Å². The average Bonchev–Trinajstić information content (AvgIpc) is 2.67. The van der Waals surface area contributed by atoms with Crippen LogP contribution in [0.4, 0.5) is 0 Å². The Kier molecular flexibility index (Phi) is 2.84. The second-order valence-corrected chi connectivity index (χ2v) is 3.71. The van der Waals surface area contributed by atoms with E-state index in [1.165, 1.54) is 11.3 Å². The Morgan fingerprint density at radius 3 is 3.13 bits per heavy atom. The van der Waals surface area contributed by atoms with Gasteiger partial charge in [-0.05, 0) is 23.6 Å². The number of nitrogens with zero attached hydrogens (tertiary/aromatic N) is 4. The highest BCUT2D eigenvalue weighted by Crippen LogP contribution is 2.20. The fraction of sp³-hybridized carbons (Fsp3) is 0.100. The third-order valence-corrected chi connectivity index (χ3v) is 2.65. The fourth-order valence-corrected chi connectivity index (χ4v) is 1.95. The van der Waals surface area contributed by atoms with Crippen molar-refractivity contribution in [2.75, 3.05) is 6.54 Å². The molecule has 2 aromatic rings. The van der Waals surface area contributed by atoms with E-state index in [4.69, 9.17) is 5.53 Å². The smallest absolute Gasteiger partial charge is 0.168 e. The maximum atomic E-state index is 8.06. The van der Waals surface area contributed by atoms with E-state index in [1.54, 1.807) is 0 Å². The number of azide groups is 1. The number of hydrogen-bond donors (Lipinski definition) is 0. The minimum atomic E-state index is 0.187. The van der Waals surface area contributed by atoms with Crippen LogP contribution in [0.15, 0.2) is 29.4 Å². The Labute approximate surface area is 90.2 Å². The zero-order valence-electron chi connectivity index (χ0n) is 7.71. The lowest BCUT2D eigenvalue weighted by Gasteiger charge is -1.80. The van der Waals surface area contributed by atoms with Gasteiger partial charge in [0.15, 0.2) is 5.01 Å². The zero-order valence-corrected chi connectivity index (χ0v) is 8.53. The minimum Gasteiger partial charge on any atom is -0.228 e. The predicted octanol–water partition coefficient (Wildman–Crippen LogP) is 2.96. The molecule has 0 bridgehead atoms. The maximum Gasteiger partial charge on any atom is 0.168 e. The summed E-state index contributed by atoms with van der Waals surface area (Å²) in [5.74, 6) is 5.60. The molecule has 0 saturated heterocycles. The largest absolute Gasteiger partial charge is 0.228 e. The summed E-state index contributed by atoms with van der Waals surface area (Å²) in [4.78, 5) is 6.94. The van der Waals surface area contributed by atoms with Gasteiger partial charge in [-0.25, -0.2) is 4.98 Å². The molecule has 0 fully saturated rings. The molecule has 1 aromatic heterocycles. The van der Waals surface area contributed by atoms with Crippen molar-refractivity contribution in [1.82, 2.24) is 4.98 Å². The average molecular weight is 214 g/mol. The summed E-state index contributed by atoms with van der Waals surface area (Å²) in [6.07, 6.45) is 0. The predicted molar refractivity (Wildman–Crippen MR) is 60.5 cm³/mol. The molecule has 2 rings (SSSR count). The lowest BCUT2D eigenvalue weighted by Crippen LogP contribution is -1.72. The second-order valence-electron chi connectivity index (χ2n) is 2.68. The summed E-state index contributed by atoms with van der Waals surface area (Å²) in [7, 11) is 0. The number of benzene rings is 1. The van der Waals surface area contributed by atoms with Gasteiger partial charge in [-0.1, -0.05) is 23.2 Å². The summed E-state index contributed by atoms with van der Waals surface area (Å²) < 4.78 is 1.12. The van der Waals surface area contributed by atoms with Gasteiger partial charge in [-0.2, -0.15) is 0 Å². The van der Waals surface area contributed by atoms with Gasteiger partial charge in [-0.15, -0.1) is 11.3 Å². The van der Waals surface area contributed by atoms with Crippen LogP contribution in [-0.2, 0) is 0 Å². The van der Waals surface area contributed by atoms with Gasteiger partial charge < -0.3 is 0 Å². The van der Waals surface area contributed by atoms with Crippen LogP contribution in [-0.4, -0.2) is 11.5 Å². The van der Waals surface area contributed by atoms with Gasteiger partial charge in [-0.3, -0.25) is 0 Å². The first-order valence-corrected chi connectivity index (χ1v) is 5.07. The van der Waals surface area contributed by atoms with E-state index >= 15 is 0 Å². The van der Waals surface area contributed by atoms with Gasteiger partial charge >= 0.3 is 0 Å². The number of para-hydroxylation sites is 1. The molecular weight excluding hydrogens is 208 g/mol. The monoisotopic (exact) mass is 214 g/mol. The van der Waals surface area contributed by atoms with Crippen molar-refractivity contribution in [3.8, 4) is 11.8 Å². The van der Waals surface area contributed by atoms with Crippen molar-refractivity contribution < 1.29 is 0 Å². The molecule has 4 nitrogen and oxygen atoms in total. The van der Waals surface area contributed by atoms with Gasteiger partial charge in [0.1, 0.15) is 0 Å². The number of fused-ring (bicyclic) bond motifs is 1. The SMILES string of the molecule is [N-]=[N+]=NCC#Cc1nc2ccccc2s1. The number of aromatic nitrogens is 1. The van der Waals surface area contributed by atoms with Crippen LogP contribution in [0, 0.1) is 11.8 Å². The number of hydrogen-bond acceptors (Lipinski definition) is 3. The Morgan fingerprint density at radius 1 is 1.47 bits per heavy atom. The van der Waals surface area contributed by atoms with E-state index in [2.05, 4.69) is 26.9 Å². The van der Waals surface area contributed by atoms with Crippen molar-refractivity contribution in [3.63, 3.8) is 0 Å². The van der Waals surface area contributed by atoms with Gasteiger partial charge in [0.25, 0.3) is 0 Å². The molecule has 0 saturated carbocycles. The van der Waals surface area contributed by atoms with E-state index in [9.17, 15) is 0 Å². The van der Waals surface area contributed by atoms with Crippen LogP contribution in [0.3, 0.4) is 0 Å². The molecule has 5 heteroatoms. The van der Waals surface area contributed by atoms with Gasteiger partial charge in [0, 0.05) is 4.91 Å². The quantitative estimate of drug-likeness (QED) is 0.311. The first-order chi connectivity index (χ1) is 7.40. The Bertz CT molecular complexity index is 551. The van der Waals surface area contributed by atoms with Crippen molar-refractivity contribution >= 4 is 21.6 Å². The molecule has 0 atom stereocenters. The fourth-order valence-electron chi connectivity index (χ4n) is 1.11. The molecule has 1 aromatic carbocycles. The minimum absolute atomic E-state index is 0.187. The zero-order chi connectivity index (χ0) is 10.5. The summed E-state index contributed by atoms with van der Waals surface area (Å²) in [5.41, 5.74) is 9.01. The molecule has 15 heavy (non-hydrogen) atoms. The highest BCUT2D eigenvalue weighted by Gasteiger charge is 1.98. The molecule has 72 valence electrons. The van der Waals surface area contributed by atoms with Crippen LogP contribution in [0.25, 0.3) is 20.7 Å². The molecule has 1 heterocycles. The first kappa shape index (κ1) is 9.53. The molecule has 0 aliphatic carbocycles. The summed E-state index contributed by atoms with van der Waals surface area (Å²) in [5, 5.41) is 4.08. The van der Waals surface area contributed by atoms with Crippen LogP contribution in [0.5, 0.6) is 0 Å². The summed E-state index contributed by atoms with van der Waals surface area (Å²) in [6, 6.07) is 7.87. The Hall–Kier alpha value is -2.02. The van der Waals surface area contributed by atoms with Crippen LogP contribution >= 0.6 is 11.3 Å². The maximum absolute atomic E-state index is 8.06. The standard InChI is InChI=1S/C10H6N4S/c11-14-12-7-3-6-10-13-8-4-1-2-5-9(8)15-10/h1-2,4-5H,7H2. The van der Waals surface area contributed by atoms with E-state index in [-0.39, 0.29) is 6.54 Å². The topological polar surface area (TPSA) is 61.7 Å². The van der Waals surface area contributed by atoms with Crippen LogP contribution < -0.4 is 0 Å². The summed E-state index contributed by atoms with van der Waals surface area (Å²) in [6.45, 7) is 0.187. The Balaban J connectivity index is 2.28. The molecule has 0 aliphatic rings. The third-order valence-electron chi connectivity index (χ3n) is 1.70. The van der Waals surface area contributed by atoms with Crippen molar-refractivity contribution in [3.05, 3.63) is 39.7 Å². The third kappa shape index (κ3) is 2.26. The molecule has 0 N–H and O–H groups in total. The van der Waals surface area contributed by atoms with Crippen LogP contribution in [0.2, 0.25) is 0 Å². The van der Waals surface area contributed by atoms with Crippen LogP contribution in [0.1, 0.15) is 5.01 Å². The van der Waals surface area contributed by atoms with Gasteiger partial charge in [0.05, 0.1) is 16.8 Å². The molecule has 0 aliphatic heterocycles. The number of thiazole rings is 1. The number of rotatable bonds is 1. The van der Waals surface area contributed by atoms with E-state index in [0.29, 0.717) is 0 Å². The molecule has 0 amide bonds. The molecule has 0 unspecified atom stereocenters. The molecule has 0 spiro atoms. The molecular formula is C10H6N4S. The van der Waals surface area contributed by atoms with Gasteiger partial charge in [0.2, 0.25) is 0 Å². The first-order valence-electron chi connectivity index (χ1n) is 4.25. The van der Waals surface area contributed by atoms with Crippen molar-refractivity contribution in [2.24, 2.45) is 5.11 Å². The lowest BCUT2D eigenvalue weighted by molar-refractivity contribution is 1.25. The highest BCUT2D eigenvalue weighted by molar-refractivity contribution is 7.19. The van der Waals surface area contributed by atoms with Crippen molar-refractivity contribution in [2.45, 2.75) is 0 Å². The van der Waals surface area contributed by atoms with E-state index < -0.39 is 0 Å². The normalized spacial score (nSPS) is 9.07. The highest BCUT2D eigenvalue weighted by atomic mass is 32.1. The second kappa shape index (κ2) is 4.47. The summed E-state index contributed by atoms with van der Waals surface area (Å²) >= 11 is 1.54. The van der Waals surface area contributed by atoms with Crippen molar-refractivity contribution in [1.29, 1.82) is 0 Å². The Morgan fingerprint density at radius 2 is 2.33 bits per heavy atom. The molecule has 0 radical (unpaired) electrons.